The van der Waals surface area contributed by atoms with E-state index in [1.165, 1.54) is 6.42 Å². The van der Waals surface area contributed by atoms with Crippen LogP contribution >= 0.6 is 15.9 Å². The lowest BCUT2D eigenvalue weighted by Crippen LogP contribution is -2.49. The third-order valence-electron chi connectivity index (χ3n) is 2.96. The van der Waals surface area contributed by atoms with E-state index in [1.807, 2.05) is 0 Å². The Kier molecular flexibility index (Phi) is 4.31. The van der Waals surface area contributed by atoms with E-state index in [2.05, 4.69) is 36.5 Å². The minimum absolute atomic E-state index is 0.0190. The molecule has 0 spiro atoms. The first-order chi connectivity index (χ1) is 8.24. The van der Waals surface area contributed by atoms with Crippen molar-refractivity contribution in [2.45, 2.75) is 18.4 Å². The predicted octanol–water partition coefficient (Wildman–Crippen LogP) is 1.42. The summed E-state index contributed by atoms with van der Waals surface area (Å²) in [7, 11) is 1.73. The third-order valence-corrected chi connectivity index (χ3v) is 3.37. The molecule has 6 heteroatoms. The minimum Gasteiger partial charge on any atom is -0.383 e. The van der Waals surface area contributed by atoms with Crippen LogP contribution in [0.1, 0.15) is 12.8 Å². The lowest BCUT2D eigenvalue weighted by atomic mass is 9.99. The summed E-state index contributed by atoms with van der Waals surface area (Å²) in [4.78, 5) is 8.39. The second kappa shape index (κ2) is 5.75. The fourth-order valence-electron chi connectivity index (χ4n) is 2.12. The van der Waals surface area contributed by atoms with Crippen LogP contribution in [-0.2, 0) is 4.74 Å². The molecule has 0 aromatic carbocycles. The normalized spacial score (nSPS) is 23.9. The lowest BCUT2D eigenvalue weighted by Gasteiger charge is -2.28. The highest BCUT2D eigenvalue weighted by Crippen LogP contribution is 2.20. The van der Waals surface area contributed by atoms with Crippen molar-refractivity contribution in [1.29, 1.82) is 0 Å². The Morgan fingerprint density at radius 3 is 2.88 bits per heavy atom. The quantitative estimate of drug-likeness (QED) is 0.861. The number of hydrogen-bond donors (Lipinski definition) is 2. The highest BCUT2D eigenvalue weighted by Gasteiger charge is 2.33. The molecule has 94 valence electrons. The average Bonchev–Trinajstić information content (AvgIpc) is 2.78. The second-order valence-electron chi connectivity index (χ2n) is 4.32. The van der Waals surface area contributed by atoms with Crippen LogP contribution in [0.25, 0.3) is 0 Å². The number of halogens is 1. The van der Waals surface area contributed by atoms with E-state index in [1.54, 1.807) is 19.5 Å². The van der Waals surface area contributed by atoms with Crippen LogP contribution in [0.2, 0.25) is 0 Å². The lowest BCUT2D eigenvalue weighted by molar-refractivity contribution is 0.127. The van der Waals surface area contributed by atoms with Gasteiger partial charge in [-0.15, -0.1) is 0 Å². The molecule has 1 fully saturated rings. The Hall–Kier alpha value is -0.720. The van der Waals surface area contributed by atoms with Crippen molar-refractivity contribution in [3.8, 4) is 0 Å². The van der Waals surface area contributed by atoms with Crippen molar-refractivity contribution in [1.82, 2.24) is 15.3 Å². The number of methoxy groups -OCH3 is 1. The van der Waals surface area contributed by atoms with Gasteiger partial charge in [0.15, 0.2) is 0 Å². The van der Waals surface area contributed by atoms with Gasteiger partial charge in [0, 0.05) is 26.0 Å². The summed E-state index contributed by atoms with van der Waals surface area (Å²) in [6.07, 6.45) is 5.78. The van der Waals surface area contributed by atoms with Crippen molar-refractivity contribution < 1.29 is 4.74 Å². The Morgan fingerprint density at radius 2 is 2.29 bits per heavy atom. The zero-order chi connectivity index (χ0) is 12.1. The van der Waals surface area contributed by atoms with Gasteiger partial charge in [-0.3, -0.25) is 0 Å². The molecule has 0 amide bonds. The molecule has 2 heterocycles. The molecule has 1 aliphatic rings. The standard InChI is InChI=1S/C11H17BrN4O/c1-17-8-11(3-2-4-16-11)7-15-10-13-5-9(12)6-14-10/h5-6,16H,2-4,7-8H2,1H3,(H,13,14,15). The van der Waals surface area contributed by atoms with Crippen molar-refractivity contribution in [2.24, 2.45) is 0 Å². The number of aromatic nitrogens is 2. The maximum atomic E-state index is 5.29. The molecule has 0 radical (unpaired) electrons. The van der Waals surface area contributed by atoms with E-state index in [9.17, 15) is 0 Å². The molecule has 1 aromatic rings. The molecule has 5 nitrogen and oxygen atoms in total. The van der Waals surface area contributed by atoms with Gasteiger partial charge in [0.25, 0.3) is 0 Å². The number of nitrogens with one attached hydrogen (secondary N) is 2. The van der Waals surface area contributed by atoms with Gasteiger partial charge in [0.2, 0.25) is 5.95 Å². The number of nitrogens with zero attached hydrogens (tertiary/aromatic N) is 2. The van der Waals surface area contributed by atoms with Crippen molar-refractivity contribution in [2.75, 3.05) is 32.1 Å². The Morgan fingerprint density at radius 1 is 1.53 bits per heavy atom. The highest BCUT2D eigenvalue weighted by atomic mass is 79.9. The molecule has 0 aliphatic carbocycles. The fraction of sp³-hybridized carbons (Fsp3) is 0.636. The molecule has 0 saturated carbocycles. The molecule has 1 aliphatic heterocycles. The summed E-state index contributed by atoms with van der Waals surface area (Å²) in [6.45, 7) is 2.53. The molecule has 0 bridgehead atoms. The first kappa shape index (κ1) is 12.7. The van der Waals surface area contributed by atoms with Gasteiger partial charge in [-0.05, 0) is 35.3 Å². The first-order valence-corrected chi connectivity index (χ1v) is 6.49. The Bertz CT molecular complexity index is 351. The van der Waals surface area contributed by atoms with E-state index in [-0.39, 0.29) is 5.54 Å². The molecule has 1 saturated heterocycles. The van der Waals surface area contributed by atoms with E-state index in [4.69, 9.17) is 4.74 Å². The Balaban J connectivity index is 1.93. The molecular weight excluding hydrogens is 284 g/mol. The van der Waals surface area contributed by atoms with E-state index < -0.39 is 0 Å². The topological polar surface area (TPSA) is 59.1 Å². The van der Waals surface area contributed by atoms with Gasteiger partial charge < -0.3 is 15.4 Å². The third kappa shape index (κ3) is 3.37. The SMILES string of the molecule is COCC1(CNc2ncc(Br)cn2)CCCN1. The maximum Gasteiger partial charge on any atom is 0.222 e. The van der Waals surface area contributed by atoms with Crippen LogP contribution in [0.4, 0.5) is 5.95 Å². The summed E-state index contributed by atoms with van der Waals surface area (Å²) in [5.41, 5.74) is 0.0190. The Labute approximate surface area is 110 Å². The van der Waals surface area contributed by atoms with Gasteiger partial charge >= 0.3 is 0 Å². The van der Waals surface area contributed by atoms with Crippen LogP contribution in [-0.4, -0.2) is 42.3 Å². The molecule has 2 rings (SSSR count). The summed E-state index contributed by atoms with van der Waals surface area (Å²) < 4.78 is 6.17. The van der Waals surface area contributed by atoms with Crippen LogP contribution in [0.5, 0.6) is 0 Å². The predicted molar refractivity (Wildman–Crippen MR) is 70.1 cm³/mol. The van der Waals surface area contributed by atoms with E-state index in [0.717, 1.165) is 24.0 Å². The largest absolute Gasteiger partial charge is 0.383 e. The molecule has 1 atom stereocenters. The average molecular weight is 301 g/mol. The number of hydrogen-bond acceptors (Lipinski definition) is 5. The van der Waals surface area contributed by atoms with Crippen molar-refractivity contribution in [3.05, 3.63) is 16.9 Å². The highest BCUT2D eigenvalue weighted by molar-refractivity contribution is 9.10. The number of rotatable bonds is 5. The molecule has 2 N–H and O–H groups in total. The zero-order valence-electron chi connectivity index (χ0n) is 9.87. The molecule has 1 unspecified atom stereocenters. The summed E-state index contributed by atoms with van der Waals surface area (Å²) >= 11 is 3.31. The van der Waals surface area contributed by atoms with E-state index >= 15 is 0 Å². The fourth-order valence-corrected chi connectivity index (χ4v) is 2.33. The van der Waals surface area contributed by atoms with Crippen LogP contribution in [0.15, 0.2) is 16.9 Å². The monoisotopic (exact) mass is 300 g/mol. The second-order valence-corrected chi connectivity index (χ2v) is 5.24. The summed E-state index contributed by atoms with van der Waals surface area (Å²) in [6, 6.07) is 0. The van der Waals surface area contributed by atoms with Crippen molar-refractivity contribution >= 4 is 21.9 Å². The summed E-state index contributed by atoms with van der Waals surface area (Å²) in [5.74, 6) is 0.650. The first-order valence-electron chi connectivity index (χ1n) is 5.69. The van der Waals surface area contributed by atoms with Gasteiger partial charge in [0.05, 0.1) is 16.6 Å². The van der Waals surface area contributed by atoms with Gasteiger partial charge in [-0.1, -0.05) is 0 Å². The molecule has 1 aromatic heterocycles. The van der Waals surface area contributed by atoms with E-state index in [0.29, 0.717) is 12.6 Å². The van der Waals surface area contributed by atoms with Gasteiger partial charge in [-0.2, -0.15) is 0 Å². The maximum absolute atomic E-state index is 5.29. The number of ether oxygens (including phenoxy) is 1. The zero-order valence-corrected chi connectivity index (χ0v) is 11.5. The van der Waals surface area contributed by atoms with Crippen LogP contribution in [0, 0.1) is 0 Å². The molecular formula is C11H17BrN4O. The van der Waals surface area contributed by atoms with Crippen LogP contribution < -0.4 is 10.6 Å². The summed E-state index contributed by atoms with van der Waals surface area (Å²) in [5, 5.41) is 6.75. The minimum atomic E-state index is 0.0190. The van der Waals surface area contributed by atoms with Gasteiger partial charge in [0.1, 0.15) is 0 Å². The van der Waals surface area contributed by atoms with Crippen LogP contribution in [0.3, 0.4) is 0 Å². The molecule has 17 heavy (non-hydrogen) atoms. The number of anilines is 1. The smallest absolute Gasteiger partial charge is 0.222 e. The van der Waals surface area contributed by atoms with Crippen molar-refractivity contribution in [3.63, 3.8) is 0 Å². The van der Waals surface area contributed by atoms with Gasteiger partial charge in [-0.25, -0.2) is 9.97 Å².